The number of benzene rings is 2. The third-order valence-corrected chi connectivity index (χ3v) is 4.32. The van der Waals surface area contributed by atoms with E-state index in [1.807, 2.05) is 0 Å². The molecule has 0 aromatic heterocycles. The number of halogens is 4. The summed E-state index contributed by atoms with van der Waals surface area (Å²) < 4.78 is 70.2. The predicted molar refractivity (Wildman–Crippen MR) is 89.1 cm³/mol. The monoisotopic (exact) mass is 379 g/mol. The van der Waals surface area contributed by atoms with Crippen LogP contribution >= 0.6 is 0 Å². The minimum absolute atomic E-state index is 0.0409. The molecule has 1 atom stereocenters. The van der Waals surface area contributed by atoms with E-state index in [2.05, 4.69) is 4.99 Å². The molecule has 0 aliphatic carbocycles. The summed E-state index contributed by atoms with van der Waals surface area (Å²) in [6.07, 6.45) is -1.87. The second-order valence-corrected chi connectivity index (χ2v) is 6.03. The maximum atomic E-state index is 13.9. The molecular weight excluding hydrogens is 366 g/mol. The lowest BCUT2D eigenvalue weighted by atomic mass is 9.93. The van der Waals surface area contributed by atoms with Crippen molar-refractivity contribution in [1.82, 2.24) is 0 Å². The lowest BCUT2D eigenvalue weighted by Crippen LogP contribution is -2.45. The zero-order chi connectivity index (χ0) is 19.1. The molecule has 0 fully saturated rings. The van der Waals surface area contributed by atoms with Crippen molar-refractivity contribution in [2.45, 2.75) is 11.8 Å². The van der Waals surface area contributed by atoms with E-state index in [1.54, 1.807) is 0 Å². The molecular formula is C19H13F4NO3. The Morgan fingerprint density at radius 3 is 2.44 bits per heavy atom. The Labute approximate surface area is 151 Å². The van der Waals surface area contributed by atoms with Crippen LogP contribution in [0.15, 0.2) is 53.5 Å². The van der Waals surface area contributed by atoms with Crippen LogP contribution in [0.3, 0.4) is 0 Å². The third kappa shape index (κ3) is 3.11. The van der Waals surface area contributed by atoms with E-state index in [9.17, 15) is 17.6 Å². The first-order chi connectivity index (χ1) is 12.9. The summed E-state index contributed by atoms with van der Waals surface area (Å²) in [7, 11) is 0. The van der Waals surface area contributed by atoms with Gasteiger partial charge in [-0.1, -0.05) is 18.2 Å². The van der Waals surface area contributed by atoms with Crippen LogP contribution < -0.4 is 9.47 Å². The first-order valence-corrected chi connectivity index (χ1v) is 8.01. The van der Waals surface area contributed by atoms with Crippen molar-refractivity contribution in [2.75, 3.05) is 13.3 Å². The van der Waals surface area contributed by atoms with Crippen molar-refractivity contribution in [3.05, 3.63) is 65.5 Å². The second kappa shape index (κ2) is 6.29. The highest BCUT2D eigenvalue weighted by molar-refractivity contribution is 5.93. The largest absolute Gasteiger partial charge is 0.455 e. The average Bonchev–Trinajstić information content (AvgIpc) is 3.27. The van der Waals surface area contributed by atoms with Gasteiger partial charge in [0.15, 0.2) is 11.5 Å². The first-order valence-electron chi connectivity index (χ1n) is 8.01. The molecule has 8 heteroatoms. The Morgan fingerprint density at radius 2 is 1.70 bits per heavy atom. The number of hydrogen-bond acceptors (Lipinski definition) is 4. The van der Waals surface area contributed by atoms with E-state index in [-0.39, 0.29) is 24.0 Å². The average molecular weight is 379 g/mol. The normalized spacial score (nSPS) is 21.4. The summed E-state index contributed by atoms with van der Waals surface area (Å²) in [5.74, 6) is 0.0521. The minimum atomic E-state index is -4.70. The zero-order valence-corrected chi connectivity index (χ0v) is 13.8. The van der Waals surface area contributed by atoms with Gasteiger partial charge in [-0.05, 0) is 35.9 Å². The van der Waals surface area contributed by atoms with Gasteiger partial charge >= 0.3 is 6.18 Å². The maximum Gasteiger partial charge on any atom is 0.434 e. The smallest absolute Gasteiger partial charge is 0.434 e. The highest BCUT2D eigenvalue weighted by Crippen LogP contribution is 2.47. The molecule has 0 amide bonds. The summed E-state index contributed by atoms with van der Waals surface area (Å²) >= 11 is 0. The molecule has 2 aromatic carbocycles. The van der Waals surface area contributed by atoms with E-state index in [0.29, 0.717) is 11.3 Å². The summed E-state index contributed by atoms with van der Waals surface area (Å²) in [5.41, 5.74) is -2.11. The molecule has 0 saturated carbocycles. The van der Waals surface area contributed by atoms with Crippen LogP contribution in [0, 0.1) is 5.82 Å². The van der Waals surface area contributed by atoms with E-state index in [1.165, 1.54) is 54.6 Å². The van der Waals surface area contributed by atoms with Gasteiger partial charge in [0.25, 0.3) is 0 Å². The summed E-state index contributed by atoms with van der Waals surface area (Å²) in [4.78, 5) is 3.90. The van der Waals surface area contributed by atoms with Crippen LogP contribution in [0.4, 0.5) is 17.6 Å². The topological polar surface area (TPSA) is 40.0 Å². The molecule has 0 bridgehead atoms. The fourth-order valence-electron chi connectivity index (χ4n) is 2.87. The van der Waals surface area contributed by atoms with Crippen LogP contribution in [-0.4, -0.2) is 25.4 Å². The summed E-state index contributed by atoms with van der Waals surface area (Å²) in [6, 6.07) is 9.47. The molecule has 2 aromatic rings. The predicted octanol–water partition coefficient (Wildman–Crippen LogP) is 4.45. The number of hydrogen-bond donors (Lipinski definition) is 0. The van der Waals surface area contributed by atoms with E-state index in [0.717, 1.165) is 0 Å². The molecule has 4 rings (SSSR count). The highest BCUT2D eigenvalue weighted by Gasteiger charge is 2.61. The molecule has 1 unspecified atom stereocenters. The Hall–Kier alpha value is -3.03. The third-order valence-electron chi connectivity index (χ3n) is 4.32. The van der Waals surface area contributed by atoms with Crippen LogP contribution in [0.2, 0.25) is 0 Å². The number of alkyl halides is 3. The molecule has 0 saturated heterocycles. The zero-order valence-electron chi connectivity index (χ0n) is 13.8. The van der Waals surface area contributed by atoms with Gasteiger partial charge in [0.2, 0.25) is 18.3 Å². The molecule has 0 N–H and O–H groups in total. The number of ether oxygens (including phenoxy) is 3. The fraction of sp³-hybridized carbons (Fsp3) is 0.211. The van der Waals surface area contributed by atoms with Crippen molar-refractivity contribution in [2.24, 2.45) is 4.99 Å². The molecule has 2 aliphatic rings. The molecule has 2 aliphatic heterocycles. The minimum Gasteiger partial charge on any atom is -0.455 e. The first kappa shape index (κ1) is 17.4. The highest BCUT2D eigenvalue weighted by atomic mass is 19.4. The van der Waals surface area contributed by atoms with Crippen molar-refractivity contribution >= 4 is 12.0 Å². The van der Waals surface area contributed by atoms with Gasteiger partial charge in [-0.15, -0.1) is 0 Å². The Morgan fingerprint density at radius 1 is 0.963 bits per heavy atom. The van der Waals surface area contributed by atoms with Crippen molar-refractivity contribution in [3.8, 4) is 11.5 Å². The van der Waals surface area contributed by atoms with Gasteiger partial charge < -0.3 is 14.2 Å². The van der Waals surface area contributed by atoms with Gasteiger partial charge in [0.05, 0.1) is 6.54 Å². The number of rotatable bonds is 3. The van der Waals surface area contributed by atoms with Crippen LogP contribution in [0.5, 0.6) is 11.5 Å². The van der Waals surface area contributed by atoms with Crippen molar-refractivity contribution in [3.63, 3.8) is 0 Å². The van der Waals surface area contributed by atoms with Crippen LogP contribution in [-0.2, 0) is 10.3 Å². The van der Waals surface area contributed by atoms with E-state index in [4.69, 9.17) is 14.2 Å². The summed E-state index contributed by atoms with van der Waals surface area (Å²) in [5, 5.41) is 0. The maximum absolute atomic E-state index is 13.9. The number of nitrogens with zero attached hydrogens (tertiary/aromatic N) is 1. The van der Waals surface area contributed by atoms with Gasteiger partial charge in [0, 0.05) is 11.6 Å². The second-order valence-electron chi connectivity index (χ2n) is 6.03. The SMILES string of the molecule is Fc1ccc(/C=C/C2=NCC(c3ccc4c(c3)OCO4)(C(F)(F)F)O2)cc1. The van der Waals surface area contributed by atoms with Crippen LogP contribution in [0.25, 0.3) is 6.08 Å². The Bertz CT molecular complexity index is 922. The van der Waals surface area contributed by atoms with Crippen molar-refractivity contribution < 1.29 is 31.8 Å². The van der Waals surface area contributed by atoms with Gasteiger partial charge in [-0.2, -0.15) is 13.2 Å². The molecule has 4 nitrogen and oxygen atoms in total. The van der Waals surface area contributed by atoms with E-state index < -0.39 is 24.1 Å². The molecule has 2 heterocycles. The van der Waals surface area contributed by atoms with Gasteiger partial charge in [-0.25, -0.2) is 9.38 Å². The van der Waals surface area contributed by atoms with E-state index >= 15 is 0 Å². The molecule has 140 valence electrons. The van der Waals surface area contributed by atoms with Crippen LogP contribution in [0.1, 0.15) is 11.1 Å². The lowest BCUT2D eigenvalue weighted by Gasteiger charge is -2.30. The number of fused-ring (bicyclic) bond motifs is 1. The Kier molecular flexibility index (Phi) is 4.05. The lowest BCUT2D eigenvalue weighted by molar-refractivity contribution is -0.249. The van der Waals surface area contributed by atoms with Gasteiger partial charge in [0.1, 0.15) is 5.82 Å². The van der Waals surface area contributed by atoms with Gasteiger partial charge in [-0.3, -0.25) is 0 Å². The standard InChI is InChI=1S/C19H13F4NO3/c20-14-5-1-12(2-6-14)3-8-17-24-10-18(27-17,19(21,22)23)13-4-7-15-16(9-13)26-11-25-15/h1-9H,10-11H2/b8-3+. The quantitative estimate of drug-likeness (QED) is 0.740. The molecule has 0 radical (unpaired) electrons. The molecule has 27 heavy (non-hydrogen) atoms. The van der Waals surface area contributed by atoms with Crippen molar-refractivity contribution in [1.29, 1.82) is 0 Å². The Balaban J connectivity index is 1.61. The summed E-state index contributed by atoms with van der Waals surface area (Å²) in [6.45, 7) is -0.653. The fourth-order valence-corrected chi connectivity index (χ4v) is 2.87. The number of aliphatic imine (C=N–C) groups is 1. The molecule has 0 spiro atoms.